The fourth-order valence-corrected chi connectivity index (χ4v) is 3.83. The van der Waals surface area contributed by atoms with Gasteiger partial charge in [0.2, 0.25) is 0 Å². The lowest BCUT2D eigenvalue weighted by atomic mass is 9.97. The number of alkyl halides is 1. The second-order valence-corrected chi connectivity index (χ2v) is 7.57. The van der Waals surface area contributed by atoms with Gasteiger partial charge in [0.25, 0.3) is 0 Å². The number of hydrogen-bond acceptors (Lipinski definition) is 1. The van der Waals surface area contributed by atoms with Crippen LogP contribution in [0.4, 0.5) is 0 Å². The second kappa shape index (κ2) is 7.65. The normalized spacial score (nSPS) is 11.1. The molecule has 1 heterocycles. The molecule has 4 rings (SSSR count). The summed E-state index contributed by atoms with van der Waals surface area (Å²) in [4.78, 5) is 16.4. The van der Waals surface area contributed by atoms with Crippen LogP contribution in [-0.4, -0.2) is 10.8 Å². The maximum absolute atomic E-state index is 13.1. The van der Waals surface area contributed by atoms with E-state index in [0.29, 0.717) is 11.4 Å². The molecule has 0 saturated heterocycles. The third-order valence-corrected chi connectivity index (χ3v) is 5.61. The number of rotatable bonds is 5. The van der Waals surface area contributed by atoms with Gasteiger partial charge in [-0.1, -0.05) is 60.7 Å². The van der Waals surface area contributed by atoms with Gasteiger partial charge in [-0.3, -0.25) is 4.79 Å². The number of H-pyrrole nitrogens is 1. The monoisotopic (exact) mass is 387 g/mol. The Bertz CT molecular complexity index is 1140. The third-order valence-electron chi connectivity index (χ3n) is 5.30. The quantitative estimate of drug-likeness (QED) is 0.314. The minimum absolute atomic E-state index is 0.0537. The summed E-state index contributed by atoms with van der Waals surface area (Å²) in [6, 6.07) is 20.4. The van der Waals surface area contributed by atoms with Gasteiger partial charge in [-0.25, -0.2) is 0 Å². The number of benzene rings is 3. The van der Waals surface area contributed by atoms with Crippen LogP contribution in [0.1, 0.15) is 43.7 Å². The van der Waals surface area contributed by atoms with Crippen molar-refractivity contribution in [1.29, 1.82) is 0 Å². The largest absolute Gasteiger partial charge is 0.360 e. The number of carbonyl (C=O) groups excluding carboxylic acids is 1. The fourth-order valence-electron chi connectivity index (χ4n) is 3.65. The van der Waals surface area contributed by atoms with Gasteiger partial charge >= 0.3 is 0 Å². The zero-order valence-electron chi connectivity index (χ0n) is 16.1. The molecule has 0 unspecified atom stereocenters. The number of fused-ring (bicyclic) bond motifs is 1. The molecule has 4 aromatic rings. The Labute approximate surface area is 170 Å². The summed E-state index contributed by atoms with van der Waals surface area (Å²) in [5.74, 6) is 0.585. The lowest BCUT2D eigenvalue weighted by molar-refractivity contribution is 0.104. The first-order valence-corrected chi connectivity index (χ1v) is 9.95. The third kappa shape index (κ3) is 3.48. The number of ketones is 1. The Kier molecular flexibility index (Phi) is 5.06. The molecular formula is C25H22ClNO. The highest BCUT2D eigenvalue weighted by Gasteiger charge is 2.16. The van der Waals surface area contributed by atoms with Crippen LogP contribution < -0.4 is 0 Å². The fraction of sp³-hybridized carbons (Fsp3) is 0.160. The number of nitrogens with one attached hydrogen (secondary N) is 1. The number of hydrogen-bond donors (Lipinski definition) is 1. The zero-order valence-corrected chi connectivity index (χ0v) is 16.8. The van der Waals surface area contributed by atoms with Gasteiger partial charge in [0.05, 0.1) is 0 Å². The number of aromatic nitrogens is 1. The maximum Gasteiger partial charge on any atom is 0.195 e. The minimum Gasteiger partial charge on any atom is -0.360 e. The molecule has 0 aliphatic rings. The first kappa shape index (κ1) is 18.5. The van der Waals surface area contributed by atoms with Crippen LogP contribution in [0.2, 0.25) is 0 Å². The van der Waals surface area contributed by atoms with Gasteiger partial charge < -0.3 is 4.98 Å². The summed E-state index contributed by atoms with van der Waals surface area (Å²) in [7, 11) is 0. The molecule has 1 N–H and O–H groups in total. The average Bonchev–Trinajstić information content (AvgIpc) is 3.18. The molecule has 28 heavy (non-hydrogen) atoms. The van der Waals surface area contributed by atoms with Crippen molar-refractivity contribution in [2.75, 3.05) is 0 Å². The van der Waals surface area contributed by atoms with Crippen molar-refractivity contribution in [2.45, 2.75) is 26.1 Å². The highest BCUT2D eigenvalue weighted by Crippen LogP contribution is 2.27. The standard InChI is InChI=1S/C25H22ClNO/c1-16-3-4-17(2)24-23(16)22(15-27-24)25(28)21-11-9-19(10-12-21)13-18-5-7-20(14-26)8-6-18/h3-12,15,27H,13-14H2,1-2H3. The van der Waals surface area contributed by atoms with Crippen LogP contribution in [0.15, 0.2) is 66.9 Å². The molecule has 0 spiro atoms. The van der Waals surface area contributed by atoms with E-state index in [4.69, 9.17) is 11.6 Å². The van der Waals surface area contributed by atoms with E-state index in [9.17, 15) is 4.79 Å². The van der Waals surface area contributed by atoms with Crippen molar-refractivity contribution in [3.05, 3.63) is 106 Å². The predicted molar refractivity (Wildman–Crippen MR) is 116 cm³/mol. The van der Waals surface area contributed by atoms with Crippen molar-refractivity contribution in [3.63, 3.8) is 0 Å². The van der Waals surface area contributed by atoms with Gasteiger partial charge in [-0.05, 0) is 48.1 Å². The Morgan fingerprint density at radius 3 is 2.04 bits per heavy atom. The molecule has 0 radical (unpaired) electrons. The SMILES string of the molecule is Cc1ccc(C)c2c(C(=O)c3ccc(Cc4ccc(CCl)cc4)cc3)c[nH]c12. The van der Waals surface area contributed by atoms with Crippen molar-refractivity contribution < 1.29 is 4.79 Å². The van der Waals surface area contributed by atoms with Crippen LogP contribution in [0, 0.1) is 13.8 Å². The smallest absolute Gasteiger partial charge is 0.195 e. The lowest BCUT2D eigenvalue weighted by Gasteiger charge is -2.06. The number of aryl methyl sites for hydroxylation is 2. The summed E-state index contributed by atoms with van der Waals surface area (Å²) in [6.45, 7) is 4.10. The summed E-state index contributed by atoms with van der Waals surface area (Å²) < 4.78 is 0. The van der Waals surface area contributed by atoms with Gasteiger partial charge in [-0.2, -0.15) is 0 Å². The van der Waals surface area contributed by atoms with E-state index in [0.717, 1.165) is 39.6 Å². The summed E-state index contributed by atoms with van der Waals surface area (Å²) in [6.07, 6.45) is 2.67. The van der Waals surface area contributed by atoms with Crippen molar-refractivity contribution in [2.24, 2.45) is 0 Å². The molecule has 0 saturated carbocycles. The van der Waals surface area contributed by atoms with Gasteiger partial charge in [0, 0.05) is 34.1 Å². The van der Waals surface area contributed by atoms with Crippen LogP contribution >= 0.6 is 11.6 Å². The molecule has 0 atom stereocenters. The molecule has 0 bridgehead atoms. The van der Waals surface area contributed by atoms with Gasteiger partial charge in [0.15, 0.2) is 5.78 Å². The molecule has 0 aliphatic heterocycles. The van der Waals surface area contributed by atoms with Crippen molar-refractivity contribution in [1.82, 2.24) is 4.98 Å². The van der Waals surface area contributed by atoms with Gasteiger partial charge in [0.1, 0.15) is 0 Å². The average molecular weight is 388 g/mol. The Morgan fingerprint density at radius 1 is 0.821 bits per heavy atom. The van der Waals surface area contributed by atoms with E-state index >= 15 is 0 Å². The molecule has 1 aromatic heterocycles. The topological polar surface area (TPSA) is 32.9 Å². The Balaban J connectivity index is 1.58. The Hall–Kier alpha value is -2.84. The first-order chi connectivity index (χ1) is 13.6. The highest BCUT2D eigenvalue weighted by atomic mass is 35.5. The highest BCUT2D eigenvalue weighted by molar-refractivity contribution is 6.17. The molecule has 0 fully saturated rings. The van der Waals surface area contributed by atoms with E-state index in [2.05, 4.69) is 48.3 Å². The molecule has 3 heteroatoms. The van der Waals surface area contributed by atoms with E-state index in [1.807, 2.05) is 37.4 Å². The van der Waals surface area contributed by atoms with Gasteiger partial charge in [-0.15, -0.1) is 11.6 Å². The maximum atomic E-state index is 13.1. The lowest BCUT2D eigenvalue weighted by Crippen LogP contribution is -2.01. The number of aromatic amines is 1. The minimum atomic E-state index is 0.0537. The molecule has 140 valence electrons. The second-order valence-electron chi connectivity index (χ2n) is 7.30. The number of carbonyl (C=O) groups is 1. The first-order valence-electron chi connectivity index (χ1n) is 9.41. The molecular weight excluding hydrogens is 366 g/mol. The van der Waals surface area contributed by atoms with Crippen molar-refractivity contribution in [3.8, 4) is 0 Å². The van der Waals surface area contributed by atoms with E-state index < -0.39 is 0 Å². The van der Waals surface area contributed by atoms with E-state index in [1.165, 1.54) is 11.1 Å². The van der Waals surface area contributed by atoms with E-state index in [-0.39, 0.29) is 5.78 Å². The summed E-state index contributed by atoms with van der Waals surface area (Å²) in [5.41, 5.74) is 8.29. The zero-order chi connectivity index (χ0) is 19.7. The summed E-state index contributed by atoms with van der Waals surface area (Å²) in [5, 5.41) is 1.02. The Morgan fingerprint density at radius 2 is 1.39 bits per heavy atom. The molecule has 3 aromatic carbocycles. The van der Waals surface area contributed by atoms with Crippen LogP contribution in [0.5, 0.6) is 0 Å². The van der Waals surface area contributed by atoms with Crippen LogP contribution in [-0.2, 0) is 12.3 Å². The van der Waals surface area contributed by atoms with Crippen LogP contribution in [0.25, 0.3) is 10.9 Å². The van der Waals surface area contributed by atoms with E-state index in [1.54, 1.807) is 0 Å². The molecule has 2 nitrogen and oxygen atoms in total. The summed E-state index contributed by atoms with van der Waals surface area (Å²) >= 11 is 5.85. The molecule has 0 aliphatic carbocycles. The predicted octanol–water partition coefficient (Wildman–Crippen LogP) is 6.35. The molecule has 0 amide bonds. The van der Waals surface area contributed by atoms with Crippen LogP contribution in [0.3, 0.4) is 0 Å². The number of halogens is 1. The van der Waals surface area contributed by atoms with Crippen molar-refractivity contribution >= 4 is 28.3 Å².